The first-order valence-electron chi connectivity index (χ1n) is 7.42. The van der Waals surface area contributed by atoms with Crippen molar-refractivity contribution in [1.82, 2.24) is 5.16 Å². The normalized spacial score (nSPS) is 10.6. The van der Waals surface area contributed by atoms with Gasteiger partial charge in [-0.3, -0.25) is 0 Å². The number of hydrogen-bond donors (Lipinski definition) is 0. The van der Waals surface area contributed by atoms with Crippen molar-refractivity contribution in [2.75, 3.05) is 0 Å². The molecule has 2 heteroatoms. The van der Waals surface area contributed by atoms with Gasteiger partial charge in [-0.05, 0) is 37.2 Å². The SMILES string of the molecule is CC(C)Cc1ccccc1.Cc1conc1CC(C)C. The number of nitrogens with zero attached hydrogens (tertiary/aromatic N) is 1. The van der Waals surface area contributed by atoms with Gasteiger partial charge in [0, 0.05) is 5.56 Å². The van der Waals surface area contributed by atoms with E-state index in [1.165, 1.54) is 12.0 Å². The lowest BCUT2D eigenvalue weighted by Crippen LogP contribution is -1.95. The highest BCUT2D eigenvalue weighted by Gasteiger charge is 2.04. The van der Waals surface area contributed by atoms with Crippen LogP contribution in [-0.2, 0) is 12.8 Å². The van der Waals surface area contributed by atoms with Gasteiger partial charge in [-0.2, -0.15) is 0 Å². The molecule has 20 heavy (non-hydrogen) atoms. The molecule has 0 aliphatic heterocycles. The summed E-state index contributed by atoms with van der Waals surface area (Å²) in [6.07, 6.45) is 3.90. The molecule has 0 N–H and O–H groups in total. The Labute approximate surface area is 123 Å². The first kappa shape index (κ1) is 16.5. The largest absolute Gasteiger partial charge is 0.364 e. The van der Waals surface area contributed by atoms with Crippen molar-refractivity contribution in [3.63, 3.8) is 0 Å². The number of benzene rings is 1. The van der Waals surface area contributed by atoms with Crippen LogP contribution < -0.4 is 0 Å². The minimum atomic E-state index is 0.656. The third kappa shape index (κ3) is 6.55. The number of hydrogen-bond acceptors (Lipinski definition) is 2. The number of aromatic nitrogens is 1. The van der Waals surface area contributed by atoms with Crippen molar-refractivity contribution in [3.8, 4) is 0 Å². The van der Waals surface area contributed by atoms with E-state index in [9.17, 15) is 0 Å². The van der Waals surface area contributed by atoms with Gasteiger partial charge in [0.1, 0.15) is 6.26 Å². The fraction of sp³-hybridized carbons (Fsp3) is 0.500. The molecule has 2 rings (SSSR count). The fourth-order valence-corrected chi connectivity index (χ4v) is 1.98. The molecule has 0 atom stereocenters. The average Bonchev–Trinajstić information content (AvgIpc) is 2.75. The zero-order chi connectivity index (χ0) is 15.0. The summed E-state index contributed by atoms with van der Waals surface area (Å²) in [4.78, 5) is 0. The van der Waals surface area contributed by atoms with Gasteiger partial charge in [-0.1, -0.05) is 63.2 Å². The quantitative estimate of drug-likeness (QED) is 0.777. The maximum atomic E-state index is 4.80. The lowest BCUT2D eigenvalue weighted by atomic mass is 10.0. The summed E-state index contributed by atoms with van der Waals surface area (Å²) in [5.41, 5.74) is 3.70. The Bertz CT molecular complexity index is 471. The summed E-state index contributed by atoms with van der Waals surface area (Å²) < 4.78 is 4.80. The van der Waals surface area contributed by atoms with Crippen LogP contribution in [0.5, 0.6) is 0 Å². The van der Waals surface area contributed by atoms with E-state index in [0.29, 0.717) is 5.92 Å². The van der Waals surface area contributed by atoms with Crippen LogP contribution in [0.3, 0.4) is 0 Å². The summed E-state index contributed by atoms with van der Waals surface area (Å²) in [7, 11) is 0. The Morgan fingerprint density at radius 2 is 1.55 bits per heavy atom. The van der Waals surface area contributed by atoms with Gasteiger partial charge in [0.25, 0.3) is 0 Å². The van der Waals surface area contributed by atoms with Gasteiger partial charge in [-0.25, -0.2) is 0 Å². The van der Waals surface area contributed by atoms with Crippen LogP contribution in [0.1, 0.15) is 44.5 Å². The smallest absolute Gasteiger partial charge is 0.126 e. The molecule has 0 amide bonds. The summed E-state index contributed by atoms with van der Waals surface area (Å²) in [6, 6.07) is 10.6. The topological polar surface area (TPSA) is 26.0 Å². The Hall–Kier alpha value is -1.57. The Balaban J connectivity index is 0.000000200. The molecule has 0 fully saturated rings. The van der Waals surface area contributed by atoms with Crippen LogP contribution in [0, 0.1) is 18.8 Å². The standard InChI is InChI=1S/C10H14.C8H13NO/c1-9(2)8-10-6-4-3-5-7-10;1-6(2)4-8-7(3)5-10-9-8/h3-7,9H,8H2,1-2H3;5-6H,4H2,1-3H3. The predicted molar refractivity (Wildman–Crippen MR) is 84.8 cm³/mol. The molecule has 0 saturated heterocycles. The van der Waals surface area contributed by atoms with Crippen molar-refractivity contribution < 1.29 is 4.52 Å². The molecule has 1 aromatic heterocycles. The highest BCUT2D eigenvalue weighted by atomic mass is 16.5. The molecule has 0 unspecified atom stereocenters. The zero-order valence-corrected chi connectivity index (χ0v) is 13.4. The molecular formula is C18H27NO. The van der Waals surface area contributed by atoms with E-state index in [1.54, 1.807) is 6.26 Å². The van der Waals surface area contributed by atoms with Crippen LogP contribution in [0.15, 0.2) is 41.1 Å². The number of aryl methyl sites for hydroxylation is 1. The van der Waals surface area contributed by atoms with Gasteiger partial charge in [0.2, 0.25) is 0 Å². The molecule has 1 heterocycles. The third-order valence-corrected chi connectivity index (χ3v) is 2.94. The molecule has 0 spiro atoms. The maximum absolute atomic E-state index is 4.80. The highest BCUT2D eigenvalue weighted by Crippen LogP contribution is 2.10. The lowest BCUT2D eigenvalue weighted by Gasteiger charge is -2.02. The van der Waals surface area contributed by atoms with Crippen LogP contribution in [0.2, 0.25) is 0 Å². The summed E-state index contributed by atoms with van der Waals surface area (Å²) in [5, 5.41) is 3.88. The van der Waals surface area contributed by atoms with Gasteiger partial charge in [-0.15, -0.1) is 0 Å². The molecule has 0 aliphatic rings. The molecule has 110 valence electrons. The van der Waals surface area contributed by atoms with Crippen molar-refractivity contribution >= 4 is 0 Å². The third-order valence-electron chi connectivity index (χ3n) is 2.94. The van der Waals surface area contributed by atoms with Gasteiger partial charge < -0.3 is 4.52 Å². The predicted octanol–water partition coefficient (Wildman–Crippen LogP) is 5.07. The second kappa shape index (κ2) is 8.57. The molecule has 0 saturated carbocycles. The number of rotatable bonds is 4. The maximum Gasteiger partial charge on any atom is 0.126 e. The van der Waals surface area contributed by atoms with E-state index in [1.807, 2.05) is 6.92 Å². The van der Waals surface area contributed by atoms with Crippen molar-refractivity contribution in [3.05, 3.63) is 53.4 Å². The lowest BCUT2D eigenvalue weighted by molar-refractivity contribution is 0.407. The first-order chi connectivity index (χ1) is 9.49. The second-order valence-corrected chi connectivity index (χ2v) is 6.13. The Morgan fingerprint density at radius 3 is 2.00 bits per heavy atom. The van der Waals surface area contributed by atoms with Crippen LogP contribution >= 0.6 is 0 Å². The van der Waals surface area contributed by atoms with Gasteiger partial charge in [0.15, 0.2) is 0 Å². The molecule has 0 radical (unpaired) electrons. The molecule has 0 bridgehead atoms. The summed E-state index contributed by atoms with van der Waals surface area (Å²) >= 11 is 0. The van der Waals surface area contributed by atoms with Gasteiger partial charge in [0.05, 0.1) is 5.69 Å². The molecule has 2 aromatic rings. The van der Waals surface area contributed by atoms with Crippen molar-refractivity contribution in [1.29, 1.82) is 0 Å². The fourth-order valence-electron chi connectivity index (χ4n) is 1.98. The Kier molecular flexibility index (Phi) is 7.06. The minimum Gasteiger partial charge on any atom is -0.364 e. The molecular weight excluding hydrogens is 246 g/mol. The van der Waals surface area contributed by atoms with Crippen molar-refractivity contribution in [2.45, 2.75) is 47.5 Å². The monoisotopic (exact) mass is 273 g/mol. The zero-order valence-electron chi connectivity index (χ0n) is 13.4. The van der Waals surface area contributed by atoms with E-state index in [0.717, 1.165) is 23.6 Å². The second-order valence-electron chi connectivity index (χ2n) is 6.13. The summed E-state index contributed by atoms with van der Waals surface area (Å²) in [6.45, 7) is 10.9. The van der Waals surface area contributed by atoms with Crippen molar-refractivity contribution in [2.24, 2.45) is 11.8 Å². The molecule has 2 nitrogen and oxygen atoms in total. The van der Waals surface area contributed by atoms with Crippen LogP contribution in [0.4, 0.5) is 0 Å². The van der Waals surface area contributed by atoms with E-state index >= 15 is 0 Å². The Morgan fingerprint density at radius 1 is 0.950 bits per heavy atom. The van der Waals surface area contributed by atoms with E-state index in [4.69, 9.17) is 4.52 Å². The van der Waals surface area contributed by atoms with E-state index in [2.05, 4.69) is 63.2 Å². The molecule has 1 aromatic carbocycles. The van der Waals surface area contributed by atoms with Gasteiger partial charge >= 0.3 is 0 Å². The molecule has 0 aliphatic carbocycles. The average molecular weight is 273 g/mol. The summed E-state index contributed by atoms with van der Waals surface area (Å²) in [5.74, 6) is 1.42. The minimum absolute atomic E-state index is 0.656. The van der Waals surface area contributed by atoms with Crippen LogP contribution in [0.25, 0.3) is 0 Å². The highest BCUT2D eigenvalue weighted by molar-refractivity contribution is 5.14. The van der Waals surface area contributed by atoms with E-state index in [-0.39, 0.29) is 0 Å². The van der Waals surface area contributed by atoms with Crippen LogP contribution in [-0.4, -0.2) is 5.16 Å². The first-order valence-corrected chi connectivity index (χ1v) is 7.42. The van der Waals surface area contributed by atoms with E-state index < -0.39 is 0 Å².